The Morgan fingerprint density at radius 2 is 1.55 bits per heavy atom. The second-order valence-corrected chi connectivity index (χ2v) is 11.2. The number of hydrogen-bond donors (Lipinski definition) is 0. The van der Waals surface area contributed by atoms with Gasteiger partial charge in [-0.3, -0.25) is 14.4 Å². The third-order valence-corrected chi connectivity index (χ3v) is 8.76. The highest BCUT2D eigenvalue weighted by Gasteiger charge is 2.65. The highest BCUT2D eigenvalue weighted by atomic mass is 35.5. The number of rotatable bonds is 4. The van der Waals surface area contributed by atoms with E-state index in [-0.39, 0.29) is 35.8 Å². The number of aryl methyl sites for hydroxylation is 2. The molecule has 8 heteroatoms. The zero-order valence-corrected chi connectivity index (χ0v) is 23.5. The van der Waals surface area contributed by atoms with E-state index in [1.807, 2.05) is 13.8 Å². The van der Waals surface area contributed by atoms with Crippen LogP contribution >= 0.6 is 11.6 Å². The van der Waals surface area contributed by atoms with Gasteiger partial charge in [-0.15, -0.1) is 0 Å². The molecule has 6 nitrogen and oxygen atoms in total. The summed E-state index contributed by atoms with van der Waals surface area (Å²) < 4.78 is 19.9. The molecule has 0 N–H and O–H groups in total. The molecule has 0 radical (unpaired) electrons. The lowest BCUT2D eigenvalue weighted by atomic mass is 9.83. The van der Waals surface area contributed by atoms with Crippen LogP contribution in [0.15, 0.2) is 94.1 Å². The Balaban J connectivity index is 1.52. The molecular weight excluding hydrogens is 555 g/mol. The van der Waals surface area contributed by atoms with Gasteiger partial charge in [-0.1, -0.05) is 60.1 Å². The number of para-hydroxylation sites is 1. The van der Waals surface area contributed by atoms with Gasteiger partial charge in [-0.05, 0) is 72.5 Å². The highest BCUT2D eigenvalue weighted by molar-refractivity contribution is 6.31. The second kappa shape index (κ2) is 9.39. The Morgan fingerprint density at radius 1 is 0.857 bits per heavy atom. The van der Waals surface area contributed by atoms with Gasteiger partial charge in [0.15, 0.2) is 11.0 Å². The molecule has 3 heterocycles. The average Bonchev–Trinajstić information content (AvgIpc) is 3.37. The van der Waals surface area contributed by atoms with E-state index >= 15 is 0 Å². The van der Waals surface area contributed by atoms with Gasteiger partial charge >= 0.3 is 0 Å². The number of carbonyl (C=O) groups is 2. The quantitative estimate of drug-likeness (QED) is 0.239. The molecule has 1 atom stereocenters. The maximum Gasteiger partial charge on any atom is 0.291 e. The minimum absolute atomic E-state index is 0.00522. The maximum atomic E-state index is 14.9. The molecule has 0 bridgehead atoms. The molecule has 1 spiro atoms. The number of nitrogens with zero attached hydrogens (tertiary/aromatic N) is 2. The Hall–Kier alpha value is -4.75. The van der Waals surface area contributed by atoms with Crippen molar-refractivity contribution >= 4 is 40.1 Å². The Bertz CT molecular complexity index is 2020. The van der Waals surface area contributed by atoms with E-state index in [2.05, 4.69) is 0 Å². The predicted octanol–water partition coefficient (Wildman–Crippen LogP) is 6.65. The number of benzene rings is 4. The first-order chi connectivity index (χ1) is 20.2. The Labute approximate surface area is 245 Å². The number of fused-ring (bicyclic) bond motifs is 5. The van der Waals surface area contributed by atoms with Gasteiger partial charge in [0.1, 0.15) is 11.4 Å². The summed E-state index contributed by atoms with van der Waals surface area (Å²) in [7, 11) is 0. The van der Waals surface area contributed by atoms with Gasteiger partial charge in [0.2, 0.25) is 5.76 Å². The van der Waals surface area contributed by atoms with Crippen molar-refractivity contribution in [3.05, 3.63) is 145 Å². The summed E-state index contributed by atoms with van der Waals surface area (Å²) in [6.45, 7) is 3.87. The first-order valence-electron chi connectivity index (χ1n) is 13.5. The van der Waals surface area contributed by atoms with Crippen molar-refractivity contribution in [2.75, 3.05) is 4.90 Å². The van der Waals surface area contributed by atoms with Gasteiger partial charge in [-0.2, -0.15) is 0 Å². The summed E-state index contributed by atoms with van der Waals surface area (Å²) in [4.78, 5) is 46.6. The largest absolute Gasteiger partial charge is 0.450 e. The molecule has 42 heavy (non-hydrogen) atoms. The average molecular weight is 579 g/mol. The number of hydrogen-bond acceptors (Lipinski definition) is 4. The first kappa shape index (κ1) is 26.2. The molecule has 0 saturated carbocycles. The molecule has 4 aromatic carbocycles. The fourth-order valence-corrected chi connectivity index (χ4v) is 6.39. The molecule has 0 aliphatic carbocycles. The van der Waals surface area contributed by atoms with E-state index < -0.39 is 22.8 Å². The zero-order chi connectivity index (χ0) is 29.3. The smallest absolute Gasteiger partial charge is 0.291 e. The van der Waals surface area contributed by atoms with Crippen LogP contribution < -0.4 is 10.3 Å². The van der Waals surface area contributed by atoms with Gasteiger partial charge in [0.25, 0.3) is 11.8 Å². The fourth-order valence-electron chi connectivity index (χ4n) is 6.19. The molecule has 1 unspecified atom stereocenters. The number of amides is 2. The number of anilines is 1. The lowest BCUT2D eigenvalue weighted by Crippen LogP contribution is -2.53. The monoisotopic (exact) mass is 578 g/mol. The van der Waals surface area contributed by atoms with Crippen LogP contribution in [-0.4, -0.2) is 16.7 Å². The predicted molar refractivity (Wildman–Crippen MR) is 158 cm³/mol. The molecule has 2 aliphatic heterocycles. The van der Waals surface area contributed by atoms with Crippen LogP contribution in [0.1, 0.15) is 43.9 Å². The fraction of sp³-hybridized carbons (Fsp3) is 0.147. The van der Waals surface area contributed by atoms with Gasteiger partial charge in [0, 0.05) is 17.1 Å². The maximum absolute atomic E-state index is 14.9. The van der Waals surface area contributed by atoms with Crippen molar-refractivity contribution in [1.29, 1.82) is 0 Å². The van der Waals surface area contributed by atoms with Gasteiger partial charge < -0.3 is 14.2 Å². The van der Waals surface area contributed by atoms with Crippen molar-refractivity contribution in [3.63, 3.8) is 0 Å². The van der Waals surface area contributed by atoms with Gasteiger partial charge in [0.05, 0.1) is 23.2 Å². The molecular formula is C34H24ClFN2O4. The minimum Gasteiger partial charge on any atom is -0.450 e. The molecule has 208 valence electrons. The van der Waals surface area contributed by atoms with Crippen LogP contribution in [0.25, 0.3) is 11.0 Å². The summed E-state index contributed by atoms with van der Waals surface area (Å²) in [6.07, 6.45) is 0. The van der Waals surface area contributed by atoms with Crippen molar-refractivity contribution < 1.29 is 18.4 Å². The third kappa shape index (κ3) is 3.59. The van der Waals surface area contributed by atoms with E-state index in [1.54, 1.807) is 77.7 Å². The molecule has 7 rings (SSSR count). The van der Waals surface area contributed by atoms with Crippen LogP contribution in [-0.2, 0) is 23.4 Å². The lowest BCUT2D eigenvalue weighted by Gasteiger charge is -2.34. The van der Waals surface area contributed by atoms with Gasteiger partial charge in [-0.25, -0.2) is 4.39 Å². The standard InChI is InChI=1S/C34H24ClFN2O4/c1-19-15-24-28(16-20(19)2)42-31-29(30(24)39)34(38(32(31)40)18-22-7-3-5-9-26(22)35)25-8-4-6-10-27(25)37(33(34)41)17-21-11-13-23(36)14-12-21/h3-16H,17-18H2,1-2H3. The van der Waals surface area contributed by atoms with Crippen molar-refractivity contribution in [2.45, 2.75) is 32.5 Å². The third-order valence-electron chi connectivity index (χ3n) is 8.39. The lowest BCUT2D eigenvalue weighted by molar-refractivity contribution is -0.126. The first-order valence-corrected chi connectivity index (χ1v) is 13.9. The number of carbonyl (C=O) groups excluding carboxylic acids is 2. The van der Waals surface area contributed by atoms with E-state index in [0.29, 0.717) is 32.8 Å². The van der Waals surface area contributed by atoms with Crippen LogP contribution in [0.3, 0.4) is 0 Å². The van der Waals surface area contributed by atoms with Crippen molar-refractivity contribution in [3.8, 4) is 0 Å². The van der Waals surface area contributed by atoms with E-state index in [4.69, 9.17) is 16.0 Å². The Kier molecular flexibility index (Phi) is 5.85. The van der Waals surface area contributed by atoms with Crippen LogP contribution in [0.5, 0.6) is 0 Å². The van der Waals surface area contributed by atoms with Crippen molar-refractivity contribution in [1.82, 2.24) is 4.90 Å². The van der Waals surface area contributed by atoms with E-state index in [0.717, 1.165) is 11.1 Å². The number of halogens is 2. The highest BCUT2D eigenvalue weighted by Crippen LogP contribution is 2.53. The topological polar surface area (TPSA) is 70.8 Å². The minimum atomic E-state index is -1.80. The second-order valence-electron chi connectivity index (χ2n) is 10.8. The Morgan fingerprint density at radius 3 is 2.31 bits per heavy atom. The normalized spacial score (nSPS) is 17.4. The summed E-state index contributed by atoms with van der Waals surface area (Å²) in [6, 6.07) is 23.6. The summed E-state index contributed by atoms with van der Waals surface area (Å²) in [5.41, 5.74) is 2.19. The molecule has 0 saturated heterocycles. The van der Waals surface area contributed by atoms with E-state index in [9.17, 15) is 18.8 Å². The van der Waals surface area contributed by atoms with Crippen LogP contribution in [0.4, 0.5) is 10.1 Å². The molecule has 2 aliphatic rings. The van der Waals surface area contributed by atoms with Crippen LogP contribution in [0.2, 0.25) is 5.02 Å². The molecule has 2 amide bonds. The molecule has 5 aromatic rings. The molecule has 1 aromatic heterocycles. The van der Waals surface area contributed by atoms with Crippen molar-refractivity contribution in [2.24, 2.45) is 0 Å². The van der Waals surface area contributed by atoms with Crippen LogP contribution in [0, 0.1) is 19.7 Å². The summed E-state index contributed by atoms with van der Waals surface area (Å²) in [5, 5.41) is 0.722. The summed E-state index contributed by atoms with van der Waals surface area (Å²) >= 11 is 6.54. The summed E-state index contributed by atoms with van der Waals surface area (Å²) in [5.74, 6) is -1.59. The SMILES string of the molecule is Cc1cc2oc3c(c(=O)c2cc1C)C1(C(=O)N(Cc2ccc(F)cc2)c2ccccc21)N(Cc1ccccc1Cl)C3=O. The zero-order valence-electron chi connectivity index (χ0n) is 22.8. The molecule has 0 fully saturated rings. The van der Waals surface area contributed by atoms with E-state index in [1.165, 1.54) is 17.0 Å².